The number of benzene rings is 2. The monoisotopic (exact) mass is 317 g/mol. The molecule has 3 rings (SSSR count). The number of halogens is 2. The van der Waals surface area contributed by atoms with Crippen molar-refractivity contribution >= 4 is 11.6 Å². The molecule has 0 saturated heterocycles. The number of rotatable bonds is 3. The first-order valence-electron chi connectivity index (χ1n) is 6.94. The summed E-state index contributed by atoms with van der Waals surface area (Å²) in [7, 11) is 0. The molecule has 22 heavy (non-hydrogen) atoms. The van der Waals surface area contributed by atoms with Gasteiger partial charge in [-0.1, -0.05) is 34.9 Å². The lowest BCUT2D eigenvalue weighted by Crippen LogP contribution is -2.25. The van der Waals surface area contributed by atoms with Crippen LogP contribution in [0.4, 0.5) is 4.39 Å². The maximum atomic E-state index is 13.9. The number of nitrogens with zero attached hydrogens (tertiary/aromatic N) is 3. The van der Waals surface area contributed by atoms with Gasteiger partial charge in [0.25, 0.3) is 0 Å². The Morgan fingerprint density at radius 3 is 2.91 bits per heavy atom. The van der Waals surface area contributed by atoms with E-state index in [1.54, 1.807) is 6.07 Å². The van der Waals surface area contributed by atoms with Crippen molar-refractivity contribution in [3.05, 3.63) is 63.2 Å². The maximum absolute atomic E-state index is 13.9. The molecule has 1 aliphatic rings. The smallest absolute Gasteiger partial charge is 0.130 e. The summed E-state index contributed by atoms with van der Waals surface area (Å²) < 4.78 is 19.8. The zero-order valence-corrected chi connectivity index (χ0v) is 12.4. The fraction of sp³-hybridized carbons (Fsp3) is 0.250. The number of azide groups is 1. The van der Waals surface area contributed by atoms with E-state index in [4.69, 9.17) is 21.9 Å². The molecule has 2 aromatic rings. The minimum atomic E-state index is -0.314. The normalized spacial score (nSPS) is 16.4. The van der Waals surface area contributed by atoms with Crippen LogP contribution in [0.15, 0.2) is 41.5 Å². The number of hydrogen-bond acceptors (Lipinski definition) is 2. The van der Waals surface area contributed by atoms with Gasteiger partial charge in [-0.3, -0.25) is 0 Å². The van der Waals surface area contributed by atoms with E-state index in [9.17, 15) is 4.39 Å². The lowest BCUT2D eigenvalue weighted by Gasteiger charge is -2.27. The summed E-state index contributed by atoms with van der Waals surface area (Å²) in [5, 5.41) is 4.10. The number of fused-ring (bicyclic) bond motifs is 1. The van der Waals surface area contributed by atoms with Gasteiger partial charge in [0.2, 0.25) is 0 Å². The van der Waals surface area contributed by atoms with Crippen molar-refractivity contribution in [2.24, 2.45) is 5.11 Å². The van der Waals surface area contributed by atoms with Gasteiger partial charge in [0, 0.05) is 21.1 Å². The third-order valence-corrected chi connectivity index (χ3v) is 3.99. The molecule has 1 atom stereocenters. The summed E-state index contributed by atoms with van der Waals surface area (Å²) in [5.74, 6) is 0.310. The first kappa shape index (κ1) is 14.7. The van der Waals surface area contributed by atoms with Gasteiger partial charge in [0.1, 0.15) is 17.7 Å². The Balaban J connectivity index is 2.07. The quantitative estimate of drug-likeness (QED) is 0.438. The van der Waals surface area contributed by atoms with Gasteiger partial charge in [-0.15, -0.1) is 0 Å². The SMILES string of the molecule is [N-]=[N+]=NCC1CCc2cc(F)cc(-c3ccccc3Cl)c2O1. The Morgan fingerprint density at radius 1 is 1.32 bits per heavy atom. The summed E-state index contributed by atoms with van der Waals surface area (Å²) in [6.07, 6.45) is 1.17. The van der Waals surface area contributed by atoms with Crippen LogP contribution >= 0.6 is 11.6 Å². The predicted molar refractivity (Wildman–Crippen MR) is 83.6 cm³/mol. The molecular weight excluding hydrogens is 305 g/mol. The Bertz CT molecular complexity index is 759. The van der Waals surface area contributed by atoms with E-state index in [-0.39, 0.29) is 18.5 Å². The molecule has 0 fully saturated rings. The van der Waals surface area contributed by atoms with E-state index in [0.717, 1.165) is 11.1 Å². The molecule has 0 N–H and O–H groups in total. The molecule has 0 aromatic heterocycles. The van der Waals surface area contributed by atoms with E-state index in [1.165, 1.54) is 12.1 Å². The first-order valence-corrected chi connectivity index (χ1v) is 7.31. The molecule has 2 aromatic carbocycles. The average Bonchev–Trinajstić information content (AvgIpc) is 2.53. The minimum absolute atomic E-state index is 0.199. The summed E-state index contributed by atoms with van der Waals surface area (Å²) >= 11 is 6.23. The van der Waals surface area contributed by atoms with E-state index in [0.29, 0.717) is 29.2 Å². The number of aryl methyl sites for hydroxylation is 1. The van der Waals surface area contributed by atoms with Crippen LogP contribution < -0.4 is 4.74 Å². The van der Waals surface area contributed by atoms with Crippen molar-refractivity contribution in [3.63, 3.8) is 0 Å². The fourth-order valence-corrected chi connectivity index (χ4v) is 2.89. The zero-order valence-electron chi connectivity index (χ0n) is 11.7. The molecule has 1 aliphatic heterocycles. The minimum Gasteiger partial charge on any atom is -0.489 e. The highest BCUT2D eigenvalue weighted by molar-refractivity contribution is 6.33. The van der Waals surface area contributed by atoms with Crippen LogP contribution in [0.3, 0.4) is 0 Å². The van der Waals surface area contributed by atoms with Crippen LogP contribution in [0.1, 0.15) is 12.0 Å². The van der Waals surface area contributed by atoms with Crippen LogP contribution in [-0.2, 0) is 6.42 Å². The molecule has 4 nitrogen and oxygen atoms in total. The number of ether oxygens (including phenoxy) is 1. The average molecular weight is 318 g/mol. The molecule has 0 amide bonds. The highest BCUT2D eigenvalue weighted by Gasteiger charge is 2.24. The molecular formula is C16H13ClFN3O. The third-order valence-electron chi connectivity index (χ3n) is 3.66. The largest absolute Gasteiger partial charge is 0.489 e. The highest BCUT2D eigenvalue weighted by atomic mass is 35.5. The van der Waals surface area contributed by atoms with Crippen molar-refractivity contribution in [3.8, 4) is 16.9 Å². The zero-order chi connectivity index (χ0) is 15.5. The van der Waals surface area contributed by atoms with E-state index in [2.05, 4.69) is 10.0 Å². The lowest BCUT2D eigenvalue weighted by atomic mass is 9.95. The van der Waals surface area contributed by atoms with Crippen LogP contribution in [0, 0.1) is 5.82 Å². The van der Waals surface area contributed by atoms with E-state index >= 15 is 0 Å². The Labute approximate surface area is 132 Å². The second-order valence-corrected chi connectivity index (χ2v) is 5.52. The molecule has 0 spiro atoms. The standard InChI is InChI=1S/C16H13ClFN3O/c17-15-4-2-1-3-13(15)14-8-11(18)7-10-5-6-12(9-20-21-19)22-16(10)14/h1-4,7-8,12H,5-6,9H2. The highest BCUT2D eigenvalue weighted by Crippen LogP contribution is 2.41. The van der Waals surface area contributed by atoms with E-state index in [1.807, 2.05) is 18.2 Å². The Kier molecular flexibility index (Phi) is 4.18. The fourth-order valence-electron chi connectivity index (χ4n) is 2.65. The van der Waals surface area contributed by atoms with Gasteiger partial charge in [-0.2, -0.15) is 0 Å². The Hall–Kier alpha value is -2.23. The topological polar surface area (TPSA) is 58.0 Å². The second-order valence-electron chi connectivity index (χ2n) is 5.11. The molecule has 0 aliphatic carbocycles. The molecule has 112 valence electrons. The summed E-state index contributed by atoms with van der Waals surface area (Å²) in [6, 6.07) is 10.2. The summed E-state index contributed by atoms with van der Waals surface area (Å²) in [4.78, 5) is 2.76. The first-order chi connectivity index (χ1) is 10.7. The van der Waals surface area contributed by atoms with Crippen molar-refractivity contribution in [2.75, 3.05) is 6.54 Å². The van der Waals surface area contributed by atoms with Crippen molar-refractivity contribution < 1.29 is 9.13 Å². The van der Waals surface area contributed by atoms with Crippen molar-refractivity contribution in [2.45, 2.75) is 18.9 Å². The van der Waals surface area contributed by atoms with Crippen molar-refractivity contribution in [1.82, 2.24) is 0 Å². The van der Waals surface area contributed by atoms with Gasteiger partial charge in [-0.05, 0) is 42.1 Å². The summed E-state index contributed by atoms with van der Waals surface area (Å²) in [6.45, 7) is 0.259. The van der Waals surface area contributed by atoms with Gasteiger partial charge in [0.05, 0.1) is 6.54 Å². The van der Waals surface area contributed by atoms with E-state index < -0.39 is 0 Å². The van der Waals surface area contributed by atoms with Gasteiger partial charge >= 0.3 is 0 Å². The molecule has 0 saturated carbocycles. The maximum Gasteiger partial charge on any atom is 0.130 e. The lowest BCUT2D eigenvalue weighted by molar-refractivity contribution is 0.182. The Morgan fingerprint density at radius 2 is 2.14 bits per heavy atom. The number of hydrogen-bond donors (Lipinski definition) is 0. The van der Waals surface area contributed by atoms with Gasteiger partial charge in [-0.25, -0.2) is 4.39 Å². The summed E-state index contributed by atoms with van der Waals surface area (Å²) in [5.41, 5.74) is 10.6. The van der Waals surface area contributed by atoms with Crippen LogP contribution in [-0.4, -0.2) is 12.6 Å². The third kappa shape index (κ3) is 2.86. The van der Waals surface area contributed by atoms with Gasteiger partial charge < -0.3 is 4.74 Å². The molecule has 1 heterocycles. The van der Waals surface area contributed by atoms with Crippen LogP contribution in [0.2, 0.25) is 5.02 Å². The van der Waals surface area contributed by atoms with Crippen molar-refractivity contribution in [1.29, 1.82) is 0 Å². The van der Waals surface area contributed by atoms with Crippen LogP contribution in [0.5, 0.6) is 5.75 Å². The molecule has 6 heteroatoms. The molecule has 0 bridgehead atoms. The second kappa shape index (κ2) is 6.26. The van der Waals surface area contributed by atoms with Crippen LogP contribution in [0.25, 0.3) is 21.6 Å². The predicted octanol–water partition coefficient (Wildman–Crippen LogP) is 5.15. The van der Waals surface area contributed by atoms with Gasteiger partial charge in [0.15, 0.2) is 0 Å². The molecule has 0 radical (unpaired) electrons. The molecule has 1 unspecified atom stereocenters.